The summed E-state index contributed by atoms with van der Waals surface area (Å²) in [6.07, 6.45) is 0.698. The van der Waals surface area contributed by atoms with Crippen LogP contribution in [-0.4, -0.2) is 64.8 Å². The third-order valence-electron chi connectivity index (χ3n) is 7.42. The molecular weight excluding hydrogens is 622 g/mol. The maximum atomic E-state index is 13.9. The summed E-state index contributed by atoms with van der Waals surface area (Å²) in [4.78, 5) is 56.7. The number of hydrogen-bond acceptors (Lipinski definition) is 10. The van der Waals surface area contributed by atoms with Crippen molar-refractivity contribution in [1.29, 1.82) is 5.41 Å². The Kier molecular flexibility index (Phi) is 11.1. The zero-order valence-corrected chi connectivity index (χ0v) is 26.9. The van der Waals surface area contributed by atoms with Gasteiger partial charge in [-0.25, -0.2) is 14.6 Å². The molecule has 1 atom stereocenters. The van der Waals surface area contributed by atoms with Gasteiger partial charge in [-0.15, -0.1) is 0 Å². The number of benzene rings is 2. The second-order valence-corrected chi connectivity index (χ2v) is 11.3. The number of aromatic nitrogens is 1. The lowest BCUT2D eigenvalue weighted by Gasteiger charge is -2.22. The van der Waals surface area contributed by atoms with E-state index in [1.54, 1.807) is 19.3 Å². The molecule has 4 rings (SSSR count). The van der Waals surface area contributed by atoms with Crippen LogP contribution in [0, 0.1) is 11.3 Å². The molecule has 3 aromatic rings. The third-order valence-corrected chi connectivity index (χ3v) is 7.42. The standard InChI is InChI=1S/C34H37N5O9/c1-6-20-13-25(31(40)37-22-11-9-21(10-12-22)30(35)39-45)24(15-27(20)46-5)28-23(18(4)48-34(44)47-17(2)3)14-26(38-29(28)33(42)43)32(41)36-16-19-7-8-19/h6,9-15,17-19,45H,1,7-8,16H2,2-5H3,(H2,35,39)(H,36,41)(H,37,40)(H,42,43). The Bertz CT molecular complexity index is 1750. The number of carboxylic acid groups (broad SMARTS) is 1. The minimum Gasteiger partial charge on any atom is -0.496 e. The van der Waals surface area contributed by atoms with E-state index in [0.29, 0.717) is 29.3 Å². The van der Waals surface area contributed by atoms with E-state index in [-0.39, 0.29) is 39.5 Å². The number of hydrogen-bond donors (Lipinski definition) is 6. The zero-order chi connectivity index (χ0) is 35.1. The van der Waals surface area contributed by atoms with Crippen molar-refractivity contribution >= 4 is 41.5 Å². The molecule has 0 spiro atoms. The Morgan fingerprint density at radius 1 is 1.06 bits per heavy atom. The van der Waals surface area contributed by atoms with Gasteiger partial charge < -0.3 is 30.0 Å². The van der Waals surface area contributed by atoms with E-state index in [1.165, 1.54) is 62.6 Å². The van der Waals surface area contributed by atoms with Crippen LogP contribution >= 0.6 is 0 Å². The SMILES string of the molecule is C=Cc1cc(C(=O)Nc2ccc(C(=N)NO)cc2)c(-c2c(C(C)OC(=O)OC(C)C)cc(C(=O)NCC3CC3)nc2C(=O)O)cc1OC. The number of ether oxygens (including phenoxy) is 3. The van der Waals surface area contributed by atoms with Crippen molar-refractivity contribution in [1.82, 2.24) is 15.8 Å². The number of hydroxylamine groups is 1. The highest BCUT2D eigenvalue weighted by Crippen LogP contribution is 2.39. The van der Waals surface area contributed by atoms with Crippen LogP contribution < -0.4 is 20.9 Å². The molecule has 1 aromatic heterocycles. The number of nitrogens with one attached hydrogen (secondary N) is 4. The van der Waals surface area contributed by atoms with Crippen LogP contribution in [0.1, 0.15) is 87.7 Å². The molecule has 1 unspecified atom stereocenters. The van der Waals surface area contributed by atoms with Gasteiger partial charge in [0.2, 0.25) is 0 Å². The summed E-state index contributed by atoms with van der Waals surface area (Å²) in [5, 5.41) is 32.7. The molecule has 0 bridgehead atoms. The van der Waals surface area contributed by atoms with Crippen LogP contribution in [0.2, 0.25) is 0 Å². The molecule has 0 radical (unpaired) electrons. The first-order chi connectivity index (χ1) is 22.9. The minimum atomic E-state index is -1.51. The molecule has 1 aliphatic rings. The lowest BCUT2D eigenvalue weighted by molar-refractivity contribution is 0.0115. The predicted molar refractivity (Wildman–Crippen MR) is 176 cm³/mol. The fourth-order valence-electron chi connectivity index (χ4n) is 4.83. The molecule has 1 aliphatic carbocycles. The smallest absolute Gasteiger partial charge is 0.496 e. The number of carboxylic acids is 1. The Hall–Kier alpha value is -5.76. The van der Waals surface area contributed by atoms with Gasteiger partial charge in [0, 0.05) is 45.6 Å². The van der Waals surface area contributed by atoms with E-state index < -0.39 is 41.8 Å². The largest absolute Gasteiger partial charge is 0.509 e. The number of rotatable bonds is 13. The van der Waals surface area contributed by atoms with Crippen molar-refractivity contribution in [3.63, 3.8) is 0 Å². The molecule has 2 aromatic carbocycles. The average molecular weight is 660 g/mol. The van der Waals surface area contributed by atoms with Crippen molar-refractivity contribution in [3.8, 4) is 16.9 Å². The first-order valence-electron chi connectivity index (χ1n) is 15.1. The maximum absolute atomic E-state index is 13.9. The quantitative estimate of drug-likeness (QED) is 0.0591. The monoisotopic (exact) mass is 659 g/mol. The van der Waals surface area contributed by atoms with E-state index in [0.717, 1.165) is 12.8 Å². The minimum absolute atomic E-state index is 0.0204. The van der Waals surface area contributed by atoms with Gasteiger partial charge in [-0.3, -0.25) is 25.7 Å². The number of nitrogens with zero attached hydrogens (tertiary/aromatic N) is 1. The fourth-order valence-corrected chi connectivity index (χ4v) is 4.83. The highest BCUT2D eigenvalue weighted by atomic mass is 16.7. The number of amides is 2. The Balaban J connectivity index is 1.91. The number of pyridine rings is 1. The molecule has 2 amide bonds. The third kappa shape index (κ3) is 8.33. The van der Waals surface area contributed by atoms with E-state index in [9.17, 15) is 24.3 Å². The number of carbonyl (C=O) groups is 4. The summed E-state index contributed by atoms with van der Waals surface area (Å²) in [5.41, 5.74) is 2.05. The van der Waals surface area contributed by atoms with E-state index >= 15 is 0 Å². The summed E-state index contributed by atoms with van der Waals surface area (Å²) in [5.74, 6) is -2.45. The van der Waals surface area contributed by atoms with Gasteiger partial charge in [-0.1, -0.05) is 12.7 Å². The Morgan fingerprint density at radius 2 is 1.75 bits per heavy atom. The van der Waals surface area contributed by atoms with Crippen LogP contribution in [-0.2, 0) is 9.47 Å². The molecule has 252 valence electrons. The summed E-state index contributed by atoms with van der Waals surface area (Å²) in [7, 11) is 1.39. The first-order valence-corrected chi connectivity index (χ1v) is 15.1. The molecule has 6 N–H and O–H groups in total. The fraction of sp³-hybridized carbons (Fsp3) is 0.294. The number of carbonyl (C=O) groups excluding carboxylic acids is 3. The lowest BCUT2D eigenvalue weighted by Crippen LogP contribution is -2.28. The van der Waals surface area contributed by atoms with Crippen molar-refractivity contribution < 1.29 is 43.7 Å². The summed E-state index contributed by atoms with van der Waals surface area (Å²) in [6.45, 7) is 8.94. The summed E-state index contributed by atoms with van der Waals surface area (Å²) in [6, 6.07) is 10.3. The summed E-state index contributed by atoms with van der Waals surface area (Å²) < 4.78 is 16.2. The Labute approximate surface area is 276 Å². The molecule has 14 heteroatoms. The normalized spacial score (nSPS) is 12.8. The van der Waals surface area contributed by atoms with Crippen LogP contribution in [0.4, 0.5) is 10.5 Å². The molecular formula is C34H37N5O9. The first kappa shape index (κ1) is 35.1. The van der Waals surface area contributed by atoms with Crippen LogP contribution in [0.5, 0.6) is 5.75 Å². The van der Waals surface area contributed by atoms with Gasteiger partial charge in [-0.05, 0) is 82.0 Å². The van der Waals surface area contributed by atoms with Gasteiger partial charge >= 0.3 is 12.1 Å². The van der Waals surface area contributed by atoms with Crippen LogP contribution in [0.15, 0.2) is 49.0 Å². The average Bonchev–Trinajstić information content (AvgIpc) is 3.90. The van der Waals surface area contributed by atoms with Gasteiger partial charge in [-0.2, -0.15) is 0 Å². The Morgan fingerprint density at radius 3 is 2.31 bits per heavy atom. The molecule has 0 saturated heterocycles. The predicted octanol–water partition coefficient (Wildman–Crippen LogP) is 5.42. The molecule has 1 saturated carbocycles. The van der Waals surface area contributed by atoms with Gasteiger partial charge in [0.15, 0.2) is 5.69 Å². The van der Waals surface area contributed by atoms with Crippen molar-refractivity contribution in [2.75, 3.05) is 19.0 Å². The number of anilines is 1. The molecule has 0 aliphatic heterocycles. The van der Waals surface area contributed by atoms with Crippen LogP contribution in [0.25, 0.3) is 17.2 Å². The zero-order valence-electron chi connectivity index (χ0n) is 26.9. The van der Waals surface area contributed by atoms with Gasteiger partial charge in [0.05, 0.1) is 13.2 Å². The van der Waals surface area contributed by atoms with E-state index in [1.807, 2.05) is 0 Å². The second-order valence-electron chi connectivity index (χ2n) is 11.3. The number of methoxy groups -OCH3 is 1. The highest BCUT2D eigenvalue weighted by molar-refractivity contribution is 6.11. The maximum Gasteiger partial charge on any atom is 0.509 e. The van der Waals surface area contributed by atoms with Crippen molar-refractivity contribution in [3.05, 3.63) is 82.7 Å². The second kappa shape index (κ2) is 15.2. The van der Waals surface area contributed by atoms with Crippen molar-refractivity contribution in [2.45, 2.75) is 45.8 Å². The molecule has 14 nitrogen and oxygen atoms in total. The van der Waals surface area contributed by atoms with Crippen LogP contribution in [0.3, 0.4) is 0 Å². The lowest BCUT2D eigenvalue weighted by atomic mass is 9.89. The molecule has 48 heavy (non-hydrogen) atoms. The highest BCUT2D eigenvalue weighted by Gasteiger charge is 2.31. The van der Waals surface area contributed by atoms with Gasteiger partial charge in [0.1, 0.15) is 23.4 Å². The van der Waals surface area contributed by atoms with Crippen molar-refractivity contribution in [2.24, 2.45) is 5.92 Å². The van der Waals surface area contributed by atoms with E-state index in [2.05, 4.69) is 22.2 Å². The van der Waals surface area contributed by atoms with Gasteiger partial charge in [0.25, 0.3) is 11.8 Å². The number of aromatic carboxylic acids is 1. The topological polar surface area (TPSA) is 209 Å². The molecule has 1 heterocycles. The number of amidine groups is 1. The molecule has 1 fully saturated rings. The summed E-state index contributed by atoms with van der Waals surface area (Å²) >= 11 is 0. The van der Waals surface area contributed by atoms with E-state index in [4.69, 9.17) is 24.8 Å².